The Bertz CT molecular complexity index is 258. The van der Waals surface area contributed by atoms with E-state index in [0.717, 1.165) is 30.2 Å². The molecule has 0 saturated carbocycles. The van der Waals surface area contributed by atoms with E-state index in [9.17, 15) is 0 Å². The number of hydrogen-bond donors (Lipinski definition) is 0. The number of rotatable bonds is 0. The van der Waals surface area contributed by atoms with Crippen molar-refractivity contribution in [2.75, 3.05) is 6.61 Å². The van der Waals surface area contributed by atoms with Crippen molar-refractivity contribution in [3.05, 3.63) is 23.5 Å². The van der Waals surface area contributed by atoms with Gasteiger partial charge in [0.2, 0.25) is 0 Å². The Morgan fingerprint density at radius 1 is 1.14 bits per heavy atom. The quantitative estimate of drug-likeness (QED) is 0.633. The molecule has 2 heterocycles. The molecular formula is C12H21NO. The second-order valence-electron chi connectivity index (χ2n) is 2.50. The van der Waals surface area contributed by atoms with Gasteiger partial charge in [-0.2, -0.15) is 0 Å². The predicted octanol–water partition coefficient (Wildman–Crippen LogP) is 3.38. The van der Waals surface area contributed by atoms with Gasteiger partial charge in [0.1, 0.15) is 5.75 Å². The zero-order valence-electron chi connectivity index (χ0n) is 9.92. The molecule has 0 spiro atoms. The number of hydrogen-bond acceptors (Lipinski definition) is 2. The lowest BCUT2D eigenvalue weighted by Gasteiger charge is -1.96. The highest BCUT2D eigenvalue weighted by molar-refractivity contribution is 5.31. The molecule has 1 aromatic heterocycles. The van der Waals surface area contributed by atoms with Crippen LogP contribution in [0, 0.1) is 6.92 Å². The summed E-state index contributed by atoms with van der Waals surface area (Å²) in [6, 6.07) is 3.97. The van der Waals surface area contributed by atoms with E-state index < -0.39 is 0 Å². The summed E-state index contributed by atoms with van der Waals surface area (Å²) in [5.41, 5.74) is 2.18. The zero-order valence-corrected chi connectivity index (χ0v) is 9.92. The van der Waals surface area contributed by atoms with Gasteiger partial charge >= 0.3 is 0 Å². The Balaban J connectivity index is 0.000000379. The predicted molar refractivity (Wildman–Crippen MR) is 60.9 cm³/mol. The number of aromatic nitrogens is 1. The first-order valence-corrected chi connectivity index (χ1v) is 5.45. The molecule has 0 aliphatic carbocycles. The smallest absolute Gasteiger partial charge is 0.140 e. The van der Waals surface area contributed by atoms with Crippen LogP contribution in [-0.2, 0) is 6.42 Å². The van der Waals surface area contributed by atoms with Crippen molar-refractivity contribution >= 4 is 0 Å². The fourth-order valence-corrected chi connectivity index (χ4v) is 1.17. The molecule has 0 unspecified atom stereocenters. The van der Waals surface area contributed by atoms with Crippen molar-refractivity contribution in [2.45, 2.75) is 41.0 Å². The third-order valence-electron chi connectivity index (χ3n) is 1.67. The summed E-state index contributed by atoms with van der Waals surface area (Å²) in [4.78, 5) is 4.33. The Kier molecular flexibility index (Phi) is 6.81. The number of nitrogens with zero attached hydrogens (tertiary/aromatic N) is 1. The largest absolute Gasteiger partial charge is 0.491 e. The van der Waals surface area contributed by atoms with Crippen LogP contribution in [0.3, 0.4) is 0 Å². The first-order chi connectivity index (χ1) is 6.86. The minimum Gasteiger partial charge on any atom is -0.491 e. The number of aryl methyl sites for hydroxylation is 1. The molecule has 14 heavy (non-hydrogen) atoms. The summed E-state index contributed by atoms with van der Waals surface area (Å²) >= 11 is 0. The van der Waals surface area contributed by atoms with Crippen molar-refractivity contribution in [3.63, 3.8) is 0 Å². The average molecular weight is 195 g/mol. The molecule has 2 nitrogen and oxygen atoms in total. The number of ether oxygens (including phenoxy) is 1. The molecule has 1 aliphatic rings. The normalized spacial score (nSPS) is 11.2. The third kappa shape index (κ3) is 3.36. The molecule has 0 bridgehead atoms. The third-order valence-corrected chi connectivity index (χ3v) is 1.67. The molecule has 0 atom stereocenters. The SMILES string of the molecule is CC.CC.Cc1ccc2c(n1)CCO2. The van der Waals surface area contributed by atoms with Crippen LogP contribution in [-0.4, -0.2) is 11.6 Å². The minimum atomic E-state index is 0.797. The highest BCUT2D eigenvalue weighted by Crippen LogP contribution is 2.22. The van der Waals surface area contributed by atoms with E-state index in [2.05, 4.69) is 4.98 Å². The highest BCUT2D eigenvalue weighted by Gasteiger charge is 2.11. The standard InChI is InChI=1S/C8H9NO.2C2H6/c1-6-2-3-8-7(9-6)4-5-10-8;2*1-2/h2-3H,4-5H2,1H3;2*1-2H3. The van der Waals surface area contributed by atoms with E-state index in [1.54, 1.807) is 0 Å². The van der Waals surface area contributed by atoms with Crippen molar-refractivity contribution < 1.29 is 4.74 Å². The molecular weight excluding hydrogens is 174 g/mol. The van der Waals surface area contributed by atoms with Gasteiger partial charge in [0, 0.05) is 12.1 Å². The molecule has 0 radical (unpaired) electrons. The second kappa shape index (κ2) is 7.36. The fourth-order valence-electron chi connectivity index (χ4n) is 1.17. The molecule has 0 fully saturated rings. The van der Waals surface area contributed by atoms with Gasteiger partial charge in [-0.15, -0.1) is 0 Å². The first kappa shape index (κ1) is 12.9. The van der Waals surface area contributed by atoms with Gasteiger partial charge in [0.25, 0.3) is 0 Å². The fraction of sp³-hybridized carbons (Fsp3) is 0.583. The van der Waals surface area contributed by atoms with Gasteiger partial charge in [-0.3, -0.25) is 4.98 Å². The van der Waals surface area contributed by atoms with E-state index in [1.807, 2.05) is 46.8 Å². The van der Waals surface area contributed by atoms with Crippen LogP contribution in [0.4, 0.5) is 0 Å². The van der Waals surface area contributed by atoms with Crippen LogP contribution in [0.15, 0.2) is 12.1 Å². The molecule has 0 aromatic carbocycles. The average Bonchev–Trinajstić information content (AvgIpc) is 2.71. The molecule has 0 saturated heterocycles. The molecule has 0 amide bonds. The summed E-state index contributed by atoms with van der Waals surface area (Å²) in [7, 11) is 0. The maximum absolute atomic E-state index is 5.29. The van der Waals surface area contributed by atoms with E-state index >= 15 is 0 Å². The lowest BCUT2D eigenvalue weighted by molar-refractivity contribution is 0.357. The molecule has 80 valence electrons. The topological polar surface area (TPSA) is 22.1 Å². The maximum Gasteiger partial charge on any atom is 0.140 e. The number of fused-ring (bicyclic) bond motifs is 1. The number of pyridine rings is 1. The monoisotopic (exact) mass is 195 g/mol. The first-order valence-electron chi connectivity index (χ1n) is 5.45. The zero-order chi connectivity index (χ0) is 11.0. The maximum atomic E-state index is 5.29. The highest BCUT2D eigenvalue weighted by atomic mass is 16.5. The second-order valence-corrected chi connectivity index (χ2v) is 2.50. The molecule has 1 aliphatic heterocycles. The van der Waals surface area contributed by atoms with Gasteiger partial charge in [-0.25, -0.2) is 0 Å². The Labute approximate surface area is 87.3 Å². The Hall–Kier alpha value is -1.05. The van der Waals surface area contributed by atoms with Crippen molar-refractivity contribution in [1.29, 1.82) is 0 Å². The van der Waals surface area contributed by atoms with E-state index in [0.29, 0.717) is 0 Å². The minimum absolute atomic E-state index is 0.797. The van der Waals surface area contributed by atoms with Crippen molar-refractivity contribution in [2.24, 2.45) is 0 Å². The van der Waals surface area contributed by atoms with Gasteiger partial charge in [0.05, 0.1) is 12.3 Å². The molecule has 0 N–H and O–H groups in total. The Morgan fingerprint density at radius 3 is 2.43 bits per heavy atom. The van der Waals surface area contributed by atoms with Crippen LogP contribution < -0.4 is 4.74 Å². The summed E-state index contributed by atoms with van der Waals surface area (Å²) in [5, 5.41) is 0. The summed E-state index contributed by atoms with van der Waals surface area (Å²) in [6.45, 7) is 10.8. The summed E-state index contributed by atoms with van der Waals surface area (Å²) in [5.74, 6) is 0.964. The summed E-state index contributed by atoms with van der Waals surface area (Å²) < 4.78 is 5.29. The molecule has 1 aromatic rings. The van der Waals surface area contributed by atoms with E-state index in [1.165, 1.54) is 0 Å². The van der Waals surface area contributed by atoms with Gasteiger partial charge < -0.3 is 4.74 Å². The van der Waals surface area contributed by atoms with Crippen LogP contribution in [0.25, 0.3) is 0 Å². The van der Waals surface area contributed by atoms with E-state index in [4.69, 9.17) is 4.74 Å². The van der Waals surface area contributed by atoms with Gasteiger partial charge in [0.15, 0.2) is 0 Å². The van der Waals surface area contributed by atoms with Crippen LogP contribution in [0.1, 0.15) is 39.1 Å². The van der Waals surface area contributed by atoms with Crippen molar-refractivity contribution in [3.8, 4) is 5.75 Å². The Morgan fingerprint density at radius 2 is 1.79 bits per heavy atom. The lowest BCUT2D eigenvalue weighted by atomic mass is 10.3. The lowest BCUT2D eigenvalue weighted by Crippen LogP contribution is -1.86. The van der Waals surface area contributed by atoms with Crippen LogP contribution in [0.2, 0.25) is 0 Å². The summed E-state index contributed by atoms with van der Waals surface area (Å²) in [6.07, 6.45) is 0.969. The van der Waals surface area contributed by atoms with Gasteiger partial charge in [-0.05, 0) is 19.1 Å². The van der Waals surface area contributed by atoms with Gasteiger partial charge in [-0.1, -0.05) is 27.7 Å². The van der Waals surface area contributed by atoms with E-state index in [-0.39, 0.29) is 0 Å². The van der Waals surface area contributed by atoms with Crippen LogP contribution in [0.5, 0.6) is 5.75 Å². The van der Waals surface area contributed by atoms with Crippen molar-refractivity contribution in [1.82, 2.24) is 4.98 Å². The van der Waals surface area contributed by atoms with Crippen LogP contribution >= 0.6 is 0 Å². The molecule has 2 rings (SSSR count). The molecule has 2 heteroatoms.